The molecule has 0 bridgehead atoms. The Labute approximate surface area is 97.3 Å². The molecule has 2 N–H and O–H groups in total. The highest BCUT2D eigenvalue weighted by molar-refractivity contribution is 5.21. The molecule has 0 saturated carbocycles. The van der Waals surface area contributed by atoms with Gasteiger partial charge in [0.05, 0.1) is 6.04 Å². The van der Waals surface area contributed by atoms with Crippen molar-refractivity contribution >= 4 is 0 Å². The second-order valence-corrected chi connectivity index (χ2v) is 3.46. The number of aromatic nitrogens is 3. The maximum Gasteiger partial charge on any atom is 0.252 e. The summed E-state index contributed by atoms with van der Waals surface area (Å²) >= 11 is 0. The van der Waals surface area contributed by atoms with E-state index in [1.54, 1.807) is 12.1 Å². The molecule has 0 amide bonds. The quantitative estimate of drug-likeness (QED) is 0.848. The third-order valence-electron chi connectivity index (χ3n) is 2.41. The Morgan fingerprint density at radius 2 is 2.12 bits per heavy atom. The second kappa shape index (κ2) is 4.72. The highest BCUT2D eigenvalue weighted by Gasteiger charge is 2.13. The summed E-state index contributed by atoms with van der Waals surface area (Å²) in [4.78, 5) is 3.81. The fourth-order valence-corrected chi connectivity index (χ4v) is 1.56. The molecular formula is C11H10FN5. The zero-order valence-electron chi connectivity index (χ0n) is 8.92. The van der Waals surface area contributed by atoms with Crippen LogP contribution in [0.1, 0.15) is 17.4 Å². The van der Waals surface area contributed by atoms with Gasteiger partial charge in [-0.2, -0.15) is 5.26 Å². The number of rotatable bonds is 3. The molecule has 1 aromatic heterocycles. The van der Waals surface area contributed by atoms with Crippen molar-refractivity contribution in [3.63, 3.8) is 0 Å². The van der Waals surface area contributed by atoms with Crippen molar-refractivity contribution in [2.75, 3.05) is 6.54 Å². The van der Waals surface area contributed by atoms with E-state index in [1.165, 1.54) is 23.1 Å². The lowest BCUT2D eigenvalue weighted by Crippen LogP contribution is -2.21. The number of nitrogens with zero attached hydrogens (tertiary/aromatic N) is 4. The molecule has 0 fully saturated rings. The molecule has 0 aliphatic carbocycles. The van der Waals surface area contributed by atoms with Gasteiger partial charge in [0.25, 0.3) is 5.82 Å². The Balaban J connectivity index is 2.33. The molecule has 6 heteroatoms. The minimum absolute atomic E-state index is 0.0885. The van der Waals surface area contributed by atoms with Crippen LogP contribution in [0, 0.1) is 17.1 Å². The predicted molar refractivity (Wildman–Crippen MR) is 58.3 cm³/mol. The van der Waals surface area contributed by atoms with Crippen LogP contribution in [0.4, 0.5) is 4.39 Å². The van der Waals surface area contributed by atoms with Gasteiger partial charge in [0.2, 0.25) is 0 Å². The summed E-state index contributed by atoms with van der Waals surface area (Å²) in [5, 5.41) is 12.6. The molecule has 0 radical (unpaired) electrons. The minimum atomic E-state index is -0.305. The fraction of sp³-hybridized carbons (Fsp3) is 0.182. The highest BCUT2D eigenvalue weighted by atomic mass is 19.1. The van der Waals surface area contributed by atoms with Gasteiger partial charge in [-0.3, -0.25) is 0 Å². The van der Waals surface area contributed by atoms with Crippen LogP contribution in [0.15, 0.2) is 30.6 Å². The van der Waals surface area contributed by atoms with Crippen molar-refractivity contribution in [3.05, 3.63) is 47.8 Å². The molecule has 5 nitrogen and oxygen atoms in total. The monoisotopic (exact) mass is 231 g/mol. The summed E-state index contributed by atoms with van der Waals surface area (Å²) in [6.45, 7) is 0.292. The van der Waals surface area contributed by atoms with Gasteiger partial charge in [0.1, 0.15) is 18.2 Å². The van der Waals surface area contributed by atoms with E-state index in [9.17, 15) is 4.39 Å². The Kier molecular flexibility index (Phi) is 3.12. The zero-order valence-corrected chi connectivity index (χ0v) is 8.92. The summed E-state index contributed by atoms with van der Waals surface area (Å²) in [6.07, 6.45) is 1.44. The number of benzene rings is 1. The van der Waals surface area contributed by atoms with E-state index in [1.807, 2.05) is 6.07 Å². The first-order valence-electron chi connectivity index (χ1n) is 5.01. The lowest BCUT2D eigenvalue weighted by Gasteiger charge is -2.14. The average molecular weight is 231 g/mol. The number of nitriles is 1. The average Bonchev–Trinajstić information content (AvgIpc) is 2.81. The lowest BCUT2D eigenvalue weighted by molar-refractivity contribution is 0.527. The third-order valence-corrected chi connectivity index (χ3v) is 2.41. The van der Waals surface area contributed by atoms with Crippen LogP contribution in [0.3, 0.4) is 0 Å². The largest absolute Gasteiger partial charge is 0.328 e. The Bertz CT molecular complexity index is 540. The summed E-state index contributed by atoms with van der Waals surface area (Å²) in [7, 11) is 0. The molecular weight excluding hydrogens is 221 g/mol. The van der Waals surface area contributed by atoms with Crippen LogP contribution in [0.2, 0.25) is 0 Å². The van der Waals surface area contributed by atoms with Gasteiger partial charge in [-0.15, -0.1) is 5.10 Å². The van der Waals surface area contributed by atoms with Gasteiger partial charge in [-0.05, 0) is 17.7 Å². The first-order valence-corrected chi connectivity index (χ1v) is 5.01. The zero-order chi connectivity index (χ0) is 12.3. The van der Waals surface area contributed by atoms with Gasteiger partial charge < -0.3 is 5.73 Å². The van der Waals surface area contributed by atoms with Gasteiger partial charge >= 0.3 is 0 Å². The van der Waals surface area contributed by atoms with E-state index >= 15 is 0 Å². The van der Waals surface area contributed by atoms with Crippen molar-refractivity contribution < 1.29 is 4.39 Å². The van der Waals surface area contributed by atoms with Crippen molar-refractivity contribution in [1.29, 1.82) is 5.26 Å². The van der Waals surface area contributed by atoms with Crippen LogP contribution >= 0.6 is 0 Å². The molecule has 1 atom stereocenters. The second-order valence-electron chi connectivity index (χ2n) is 3.46. The first kappa shape index (κ1) is 11.2. The molecule has 17 heavy (non-hydrogen) atoms. The van der Waals surface area contributed by atoms with E-state index in [4.69, 9.17) is 11.0 Å². The van der Waals surface area contributed by atoms with Crippen LogP contribution in [-0.4, -0.2) is 21.3 Å². The summed E-state index contributed by atoms with van der Waals surface area (Å²) < 4.78 is 14.3. The van der Waals surface area contributed by atoms with Crippen molar-refractivity contribution in [1.82, 2.24) is 14.8 Å². The fourth-order valence-electron chi connectivity index (χ4n) is 1.56. The predicted octanol–water partition coefficient (Wildman–Crippen LogP) is 0.837. The number of hydrogen-bond acceptors (Lipinski definition) is 4. The summed E-state index contributed by atoms with van der Waals surface area (Å²) in [6, 6.07) is 7.60. The molecule has 1 unspecified atom stereocenters. The van der Waals surface area contributed by atoms with Gasteiger partial charge in [-0.1, -0.05) is 12.1 Å². The minimum Gasteiger partial charge on any atom is -0.328 e. The van der Waals surface area contributed by atoms with Crippen LogP contribution < -0.4 is 5.73 Å². The van der Waals surface area contributed by atoms with E-state index in [-0.39, 0.29) is 17.7 Å². The number of hydrogen-bond donors (Lipinski definition) is 1. The normalized spacial score (nSPS) is 12.1. The highest BCUT2D eigenvalue weighted by Crippen LogP contribution is 2.16. The van der Waals surface area contributed by atoms with E-state index in [0.29, 0.717) is 6.54 Å². The summed E-state index contributed by atoms with van der Waals surface area (Å²) in [5.74, 6) is -0.216. The van der Waals surface area contributed by atoms with E-state index in [0.717, 1.165) is 5.56 Å². The molecule has 0 saturated heterocycles. The third kappa shape index (κ3) is 2.29. The van der Waals surface area contributed by atoms with Crippen molar-refractivity contribution in [2.24, 2.45) is 5.73 Å². The number of halogens is 1. The maximum atomic E-state index is 12.8. The van der Waals surface area contributed by atoms with Gasteiger partial charge in [0, 0.05) is 6.54 Å². The maximum absolute atomic E-state index is 12.8. The molecule has 0 aliphatic rings. The Hall–Kier alpha value is -2.26. The molecule has 1 heterocycles. The van der Waals surface area contributed by atoms with Crippen LogP contribution in [0.25, 0.3) is 0 Å². The van der Waals surface area contributed by atoms with Crippen molar-refractivity contribution in [3.8, 4) is 6.07 Å². The molecule has 1 aromatic carbocycles. The van der Waals surface area contributed by atoms with E-state index in [2.05, 4.69) is 10.1 Å². The standard InChI is InChI=1S/C11H10FN5/c12-9-3-1-8(2-4-9)10(5-13)17-7-15-11(6-14)16-17/h1-4,7,10H,5,13H2. The SMILES string of the molecule is N#Cc1ncn(C(CN)c2ccc(F)cc2)n1. The molecule has 0 spiro atoms. The van der Waals surface area contributed by atoms with Crippen LogP contribution in [-0.2, 0) is 0 Å². The molecule has 86 valence electrons. The van der Waals surface area contributed by atoms with Gasteiger partial charge in [-0.25, -0.2) is 14.1 Å². The van der Waals surface area contributed by atoms with Gasteiger partial charge in [0.15, 0.2) is 0 Å². The molecule has 0 aliphatic heterocycles. The summed E-state index contributed by atoms with van der Waals surface area (Å²) in [5.41, 5.74) is 6.48. The Morgan fingerprint density at radius 1 is 1.41 bits per heavy atom. The van der Waals surface area contributed by atoms with Crippen LogP contribution in [0.5, 0.6) is 0 Å². The lowest BCUT2D eigenvalue weighted by atomic mass is 10.1. The topological polar surface area (TPSA) is 80.5 Å². The first-order chi connectivity index (χ1) is 8.24. The smallest absolute Gasteiger partial charge is 0.252 e. The molecule has 2 aromatic rings. The van der Waals surface area contributed by atoms with Crippen molar-refractivity contribution in [2.45, 2.75) is 6.04 Å². The molecule has 2 rings (SSSR count). The van der Waals surface area contributed by atoms with E-state index < -0.39 is 0 Å². The Morgan fingerprint density at radius 3 is 2.65 bits per heavy atom. The number of nitrogens with two attached hydrogens (primary N) is 1.